The number of ether oxygens (including phenoxy) is 1. The van der Waals surface area contributed by atoms with E-state index in [1.165, 1.54) is 0 Å². The van der Waals surface area contributed by atoms with Gasteiger partial charge in [0.2, 0.25) is 0 Å². The summed E-state index contributed by atoms with van der Waals surface area (Å²) in [6.45, 7) is 4.40. The van der Waals surface area contributed by atoms with Gasteiger partial charge in [0, 0.05) is 30.4 Å². The summed E-state index contributed by atoms with van der Waals surface area (Å²) in [6.07, 6.45) is 3.73. The summed E-state index contributed by atoms with van der Waals surface area (Å²) in [5.41, 5.74) is 2.23. The van der Waals surface area contributed by atoms with Gasteiger partial charge in [0.25, 0.3) is 0 Å². The minimum Gasteiger partial charge on any atom is -0.495 e. The monoisotopic (exact) mass is 282 g/mol. The first-order valence-electron chi connectivity index (χ1n) is 6.82. The zero-order valence-corrected chi connectivity index (χ0v) is 12.5. The minimum atomic E-state index is -0.00738. The summed E-state index contributed by atoms with van der Waals surface area (Å²) >= 11 is 0. The van der Waals surface area contributed by atoms with E-state index in [-0.39, 0.29) is 11.7 Å². The Morgan fingerprint density at radius 1 is 1.38 bits per heavy atom. The number of hydrogen-bond acceptors (Lipinski definition) is 3. The molecular formula is C17H18N2O2. The lowest BCUT2D eigenvalue weighted by molar-refractivity contribution is 0.0939. The number of carbonyl (C=O) groups is 1. The molecule has 0 aliphatic heterocycles. The van der Waals surface area contributed by atoms with Gasteiger partial charge in [-0.2, -0.15) is 5.26 Å². The molecule has 0 aliphatic rings. The highest BCUT2D eigenvalue weighted by molar-refractivity contribution is 5.97. The topological polar surface area (TPSA) is 55.0 Å². The summed E-state index contributed by atoms with van der Waals surface area (Å²) in [4.78, 5) is 11.9. The molecule has 0 fully saturated rings. The van der Waals surface area contributed by atoms with Crippen LogP contribution in [0.1, 0.15) is 35.3 Å². The second kappa shape index (κ2) is 6.27. The van der Waals surface area contributed by atoms with Gasteiger partial charge >= 0.3 is 0 Å². The van der Waals surface area contributed by atoms with Crippen LogP contribution in [-0.4, -0.2) is 17.5 Å². The Kier molecular flexibility index (Phi) is 4.44. The molecule has 0 aliphatic carbocycles. The summed E-state index contributed by atoms with van der Waals surface area (Å²) in [7, 11) is 1.55. The molecule has 0 amide bonds. The summed E-state index contributed by atoms with van der Waals surface area (Å²) in [5, 5.41) is 9.10. The Balaban J connectivity index is 2.19. The fourth-order valence-electron chi connectivity index (χ4n) is 2.17. The van der Waals surface area contributed by atoms with E-state index in [1.54, 1.807) is 13.2 Å². The van der Waals surface area contributed by atoms with Crippen LogP contribution in [0.2, 0.25) is 0 Å². The molecule has 0 saturated carbocycles. The second-order valence-corrected chi connectivity index (χ2v) is 5.24. The number of benzene rings is 1. The van der Waals surface area contributed by atoms with Crippen LogP contribution in [0.3, 0.4) is 0 Å². The molecule has 0 saturated heterocycles. The van der Waals surface area contributed by atoms with Crippen molar-refractivity contribution >= 4 is 5.78 Å². The van der Waals surface area contributed by atoms with Crippen LogP contribution >= 0.6 is 0 Å². The molecule has 21 heavy (non-hydrogen) atoms. The molecule has 2 aromatic rings. The smallest absolute Gasteiger partial charge is 0.166 e. The van der Waals surface area contributed by atoms with Gasteiger partial charge in [0.15, 0.2) is 5.78 Å². The lowest BCUT2D eigenvalue weighted by Crippen LogP contribution is -2.06. The molecule has 1 aromatic heterocycles. The number of methoxy groups -OCH3 is 1. The summed E-state index contributed by atoms with van der Waals surface area (Å²) in [5.74, 6) is 0.706. The SMILES string of the molecule is COc1ccc(Cn2ccc(C(=O)C(C)C)c2)cc1C#N. The van der Waals surface area contributed by atoms with Gasteiger partial charge in [0.1, 0.15) is 11.8 Å². The highest BCUT2D eigenvalue weighted by Crippen LogP contribution is 2.20. The highest BCUT2D eigenvalue weighted by atomic mass is 16.5. The van der Waals surface area contributed by atoms with Crippen LogP contribution in [0.5, 0.6) is 5.75 Å². The van der Waals surface area contributed by atoms with E-state index >= 15 is 0 Å². The average molecular weight is 282 g/mol. The van der Waals surface area contributed by atoms with Gasteiger partial charge in [-0.25, -0.2) is 0 Å². The molecule has 0 bridgehead atoms. The maximum absolute atomic E-state index is 11.9. The first-order chi connectivity index (χ1) is 10.0. The van der Waals surface area contributed by atoms with Gasteiger partial charge in [-0.15, -0.1) is 0 Å². The first-order valence-corrected chi connectivity index (χ1v) is 6.82. The fourth-order valence-corrected chi connectivity index (χ4v) is 2.17. The van der Waals surface area contributed by atoms with Crippen molar-refractivity contribution < 1.29 is 9.53 Å². The second-order valence-electron chi connectivity index (χ2n) is 5.24. The van der Waals surface area contributed by atoms with E-state index in [1.807, 2.05) is 49.0 Å². The number of nitrogens with zero attached hydrogens (tertiary/aromatic N) is 2. The third-order valence-corrected chi connectivity index (χ3v) is 3.31. The lowest BCUT2D eigenvalue weighted by atomic mass is 10.0. The van der Waals surface area contributed by atoms with Crippen molar-refractivity contribution in [1.82, 2.24) is 4.57 Å². The number of ketones is 1. The van der Waals surface area contributed by atoms with Gasteiger partial charge in [0.05, 0.1) is 12.7 Å². The van der Waals surface area contributed by atoms with Crippen molar-refractivity contribution in [2.24, 2.45) is 5.92 Å². The van der Waals surface area contributed by atoms with Crippen molar-refractivity contribution in [2.75, 3.05) is 7.11 Å². The number of carbonyl (C=O) groups excluding carboxylic acids is 1. The molecule has 2 rings (SSSR count). The van der Waals surface area contributed by atoms with Crippen LogP contribution in [-0.2, 0) is 6.54 Å². The number of rotatable bonds is 5. The molecule has 0 unspecified atom stereocenters. The van der Waals surface area contributed by atoms with Crippen molar-refractivity contribution in [3.05, 3.63) is 53.3 Å². The highest BCUT2D eigenvalue weighted by Gasteiger charge is 2.12. The van der Waals surface area contributed by atoms with Crippen LogP contribution in [0, 0.1) is 17.2 Å². The van der Waals surface area contributed by atoms with Crippen molar-refractivity contribution in [3.63, 3.8) is 0 Å². The normalized spacial score (nSPS) is 10.4. The Morgan fingerprint density at radius 2 is 2.14 bits per heavy atom. The maximum Gasteiger partial charge on any atom is 0.166 e. The van der Waals surface area contributed by atoms with Crippen LogP contribution in [0.4, 0.5) is 0 Å². The van der Waals surface area contributed by atoms with Gasteiger partial charge in [-0.05, 0) is 23.8 Å². The predicted octanol–water partition coefficient (Wildman–Crippen LogP) is 3.26. The number of nitriles is 1. The number of hydrogen-bond donors (Lipinski definition) is 0. The fraction of sp³-hybridized carbons (Fsp3) is 0.294. The quantitative estimate of drug-likeness (QED) is 0.791. The molecule has 0 atom stereocenters. The van der Waals surface area contributed by atoms with Crippen LogP contribution < -0.4 is 4.74 Å². The number of aromatic nitrogens is 1. The van der Waals surface area contributed by atoms with Gasteiger partial charge < -0.3 is 9.30 Å². The lowest BCUT2D eigenvalue weighted by Gasteiger charge is -2.07. The van der Waals surface area contributed by atoms with E-state index in [0.29, 0.717) is 17.9 Å². The molecular weight excluding hydrogens is 264 g/mol. The standard InChI is InChI=1S/C17H18N2O2/c1-12(2)17(20)14-6-7-19(11-14)10-13-4-5-16(21-3)15(8-13)9-18/h4-8,11-12H,10H2,1-3H3. The van der Waals surface area contributed by atoms with E-state index in [9.17, 15) is 4.79 Å². The maximum atomic E-state index is 11.9. The minimum absolute atomic E-state index is 0.00738. The molecule has 4 nitrogen and oxygen atoms in total. The third kappa shape index (κ3) is 3.32. The van der Waals surface area contributed by atoms with Crippen molar-refractivity contribution in [3.8, 4) is 11.8 Å². The van der Waals surface area contributed by atoms with Crippen molar-refractivity contribution in [2.45, 2.75) is 20.4 Å². The number of Topliss-reactive ketones (excluding diaryl/α,β-unsaturated/α-hetero) is 1. The molecule has 4 heteroatoms. The Morgan fingerprint density at radius 3 is 2.76 bits per heavy atom. The zero-order valence-electron chi connectivity index (χ0n) is 12.5. The third-order valence-electron chi connectivity index (χ3n) is 3.31. The summed E-state index contributed by atoms with van der Waals surface area (Å²) < 4.78 is 7.07. The molecule has 1 aromatic carbocycles. The van der Waals surface area contributed by atoms with Gasteiger partial charge in [-0.3, -0.25) is 4.79 Å². The molecule has 1 heterocycles. The Hall–Kier alpha value is -2.54. The van der Waals surface area contributed by atoms with Gasteiger partial charge in [-0.1, -0.05) is 19.9 Å². The Bertz CT molecular complexity index is 693. The predicted molar refractivity (Wildman–Crippen MR) is 80.4 cm³/mol. The molecule has 0 N–H and O–H groups in total. The zero-order chi connectivity index (χ0) is 15.4. The van der Waals surface area contributed by atoms with Crippen molar-refractivity contribution in [1.29, 1.82) is 5.26 Å². The molecule has 0 spiro atoms. The largest absolute Gasteiger partial charge is 0.495 e. The average Bonchev–Trinajstić information content (AvgIpc) is 2.94. The van der Waals surface area contributed by atoms with E-state index < -0.39 is 0 Å². The van der Waals surface area contributed by atoms with Crippen LogP contribution in [0.25, 0.3) is 0 Å². The molecule has 108 valence electrons. The van der Waals surface area contributed by atoms with E-state index in [0.717, 1.165) is 11.1 Å². The van der Waals surface area contributed by atoms with E-state index in [4.69, 9.17) is 10.00 Å². The van der Waals surface area contributed by atoms with Crippen LogP contribution in [0.15, 0.2) is 36.7 Å². The molecule has 0 radical (unpaired) electrons. The Labute approximate surface area is 124 Å². The first kappa shape index (κ1) is 14.9. The van der Waals surface area contributed by atoms with E-state index in [2.05, 4.69) is 6.07 Å². The summed E-state index contributed by atoms with van der Waals surface area (Å²) in [6, 6.07) is 9.47.